The molecule has 6 aromatic carbocycles. The lowest BCUT2D eigenvalue weighted by Gasteiger charge is -2.13. The van der Waals surface area contributed by atoms with Crippen LogP contribution in [0.25, 0.3) is 60.5 Å². The molecule has 0 bridgehead atoms. The molecular weight excluding hydrogens is 518 g/mol. The van der Waals surface area contributed by atoms with E-state index in [1.165, 1.54) is 71.6 Å². The predicted molar refractivity (Wildman–Crippen MR) is 186 cm³/mol. The van der Waals surface area contributed by atoms with Crippen molar-refractivity contribution in [2.24, 2.45) is 0 Å². The van der Waals surface area contributed by atoms with Gasteiger partial charge in [0.1, 0.15) is 0 Å². The maximum atomic E-state index is 2.39. The molecule has 1 aromatic heterocycles. The van der Waals surface area contributed by atoms with E-state index in [0.29, 0.717) is 5.92 Å². The zero-order valence-electron chi connectivity index (χ0n) is 25.0. The van der Waals surface area contributed by atoms with Crippen LogP contribution in [-0.4, -0.2) is 4.57 Å². The van der Waals surface area contributed by atoms with Gasteiger partial charge in [-0.15, -0.1) is 0 Å². The highest BCUT2D eigenvalue weighted by molar-refractivity contribution is 6.12. The van der Waals surface area contributed by atoms with Crippen molar-refractivity contribution in [3.8, 4) is 27.9 Å². The zero-order chi connectivity index (χ0) is 29.3. The molecule has 208 valence electrons. The van der Waals surface area contributed by atoms with Crippen molar-refractivity contribution < 1.29 is 0 Å². The number of aryl methyl sites for hydroxylation is 1. The number of hydrogen-bond acceptors (Lipinski definition) is 0. The molecule has 0 unspecified atom stereocenters. The highest BCUT2D eigenvalue weighted by atomic mass is 15.0. The lowest BCUT2D eigenvalue weighted by Crippen LogP contribution is -1.93. The summed E-state index contributed by atoms with van der Waals surface area (Å²) in [5, 5.41) is 5.00. The average Bonchev–Trinajstić information content (AvgIpc) is 3.37. The van der Waals surface area contributed by atoms with Crippen molar-refractivity contribution >= 4 is 32.6 Å². The van der Waals surface area contributed by atoms with Gasteiger partial charge in [-0.3, -0.25) is 0 Å². The minimum absolute atomic E-state index is 0.504. The standard InChI is InChI=1S/C42H35N/c1-29(2)31-22-24-32(25-23-31)35-17-9-4-6-14-30(3)42(38-20-11-10-18-36(35)38)33-26-27-41-39(28-33)37-19-12-13-21-40(37)43(41)34-15-7-5-8-16-34/h4-29H,1-3H3. The Balaban J connectivity index is 1.54. The van der Waals surface area contributed by atoms with Gasteiger partial charge in [-0.05, 0) is 87.3 Å². The van der Waals surface area contributed by atoms with Gasteiger partial charge in [-0.25, -0.2) is 0 Å². The maximum Gasteiger partial charge on any atom is 0.0541 e. The summed E-state index contributed by atoms with van der Waals surface area (Å²) >= 11 is 0. The van der Waals surface area contributed by atoms with Gasteiger partial charge in [0, 0.05) is 16.5 Å². The second-order valence-corrected chi connectivity index (χ2v) is 11.6. The monoisotopic (exact) mass is 553 g/mol. The smallest absolute Gasteiger partial charge is 0.0541 e. The second-order valence-electron chi connectivity index (χ2n) is 11.6. The Kier molecular flexibility index (Phi) is 7.01. The highest BCUT2D eigenvalue weighted by Crippen LogP contribution is 2.39. The number of fused-ring (bicyclic) bond motifs is 4. The Morgan fingerprint density at radius 2 is 1.05 bits per heavy atom. The van der Waals surface area contributed by atoms with E-state index in [0.717, 1.165) is 0 Å². The van der Waals surface area contributed by atoms with Gasteiger partial charge in [-0.1, -0.05) is 135 Å². The summed E-state index contributed by atoms with van der Waals surface area (Å²) in [6.07, 6.45) is 0. The summed E-state index contributed by atoms with van der Waals surface area (Å²) < 4.78 is 2.38. The molecule has 7 aromatic rings. The summed E-state index contributed by atoms with van der Waals surface area (Å²) in [5.41, 5.74) is 11.1. The van der Waals surface area contributed by atoms with E-state index in [1.54, 1.807) is 0 Å². The van der Waals surface area contributed by atoms with Crippen molar-refractivity contribution in [3.63, 3.8) is 0 Å². The molecule has 0 amide bonds. The van der Waals surface area contributed by atoms with Crippen LogP contribution >= 0.6 is 0 Å². The number of rotatable bonds is 4. The SMILES string of the molecule is Cc1cccccc(-c2ccc(C(C)C)cc2)c2ccccc2c1-c1ccc2c(c1)c1ccccc1n2-c1ccccc1. The fourth-order valence-electron chi connectivity index (χ4n) is 6.40. The van der Waals surface area contributed by atoms with E-state index in [1.807, 2.05) is 0 Å². The van der Waals surface area contributed by atoms with Crippen LogP contribution in [0.1, 0.15) is 30.9 Å². The lowest BCUT2D eigenvalue weighted by atomic mass is 9.91. The van der Waals surface area contributed by atoms with Gasteiger partial charge in [0.25, 0.3) is 0 Å². The number of aromatic nitrogens is 1. The Labute approximate surface area is 254 Å². The quantitative estimate of drug-likeness (QED) is 0.204. The van der Waals surface area contributed by atoms with Crippen molar-refractivity contribution in [2.45, 2.75) is 26.7 Å². The topological polar surface area (TPSA) is 4.93 Å². The number of benzene rings is 5. The second kappa shape index (κ2) is 11.3. The first kappa shape index (κ1) is 26.7. The Hall–Kier alpha value is -5.14. The van der Waals surface area contributed by atoms with Crippen LogP contribution in [-0.2, 0) is 0 Å². The van der Waals surface area contributed by atoms with Crippen molar-refractivity contribution in [1.29, 1.82) is 0 Å². The molecule has 0 saturated carbocycles. The lowest BCUT2D eigenvalue weighted by molar-refractivity contribution is 0.867. The third-order valence-electron chi connectivity index (χ3n) is 8.58. The van der Waals surface area contributed by atoms with Gasteiger partial charge in [-0.2, -0.15) is 0 Å². The van der Waals surface area contributed by atoms with Crippen LogP contribution in [0.2, 0.25) is 0 Å². The van der Waals surface area contributed by atoms with Gasteiger partial charge < -0.3 is 4.57 Å². The van der Waals surface area contributed by atoms with Crippen LogP contribution in [0.15, 0.2) is 152 Å². The normalized spacial score (nSPS) is 11.3. The predicted octanol–water partition coefficient (Wildman–Crippen LogP) is 11.8. The molecule has 0 fully saturated rings. The van der Waals surface area contributed by atoms with Crippen LogP contribution in [0.3, 0.4) is 0 Å². The van der Waals surface area contributed by atoms with Gasteiger partial charge in [0.2, 0.25) is 0 Å². The molecule has 7 rings (SSSR count). The minimum atomic E-state index is 0.504. The fraction of sp³-hybridized carbons (Fsp3) is 0.0952. The zero-order valence-corrected chi connectivity index (χ0v) is 25.0. The number of nitrogens with zero attached hydrogens (tertiary/aromatic N) is 1. The summed E-state index contributed by atoms with van der Waals surface area (Å²) in [7, 11) is 0. The van der Waals surface area contributed by atoms with Crippen LogP contribution in [0.5, 0.6) is 0 Å². The highest BCUT2D eigenvalue weighted by Gasteiger charge is 2.15. The first-order valence-electron chi connectivity index (χ1n) is 15.1. The van der Waals surface area contributed by atoms with E-state index in [2.05, 4.69) is 177 Å². The Morgan fingerprint density at radius 1 is 0.465 bits per heavy atom. The summed E-state index contributed by atoms with van der Waals surface area (Å²) in [6, 6.07) is 55.3. The molecule has 1 heteroatoms. The molecule has 0 aliphatic carbocycles. The van der Waals surface area contributed by atoms with Gasteiger partial charge >= 0.3 is 0 Å². The first-order chi connectivity index (χ1) is 21.1. The van der Waals surface area contributed by atoms with E-state index in [4.69, 9.17) is 0 Å². The molecule has 0 saturated heterocycles. The summed E-state index contributed by atoms with van der Waals surface area (Å²) in [6.45, 7) is 6.72. The molecule has 0 atom stereocenters. The largest absolute Gasteiger partial charge is 0.309 e. The fourth-order valence-corrected chi connectivity index (χ4v) is 6.40. The molecule has 43 heavy (non-hydrogen) atoms. The molecule has 0 N–H and O–H groups in total. The van der Waals surface area contributed by atoms with E-state index >= 15 is 0 Å². The number of hydrogen-bond donors (Lipinski definition) is 0. The average molecular weight is 554 g/mol. The Morgan fingerprint density at radius 3 is 1.79 bits per heavy atom. The molecule has 0 aliphatic heterocycles. The van der Waals surface area contributed by atoms with Crippen molar-refractivity contribution in [3.05, 3.63) is 163 Å². The molecular formula is C42H35N. The molecule has 1 heterocycles. The van der Waals surface area contributed by atoms with Crippen LogP contribution < -0.4 is 0 Å². The van der Waals surface area contributed by atoms with Gasteiger partial charge in [0.05, 0.1) is 11.0 Å². The third-order valence-corrected chi connectivity index (χ3v) is 8.58. The first-order valence-corrected chi connectivity index (χ1v) is 15.1. The minimum Gasteiger partial charge on any atom is -0.309 e. The Bertz CT molecular complexity index is 2150. The van der Waals surface area contributed by atoms with Crippen molar-refractivity contribution in [1.82, 2.24) is 4.57 Å². The molecule has 1 nitrogen and oxygen atoms in total. The molecule has 0 spiro atoms. The third kappa shape index (κ3) is 4.87. The van der Waals surface area contributed by atoms with Crippen LogP contribution in [0.4, 0.5) is 0 Å². The molecule has 0 radical (unpaired) electrons. The van der Waals surface area contributed by atoms with E-state index < -0.39 is 0 Å². The van der Waals surface area contributed by atoms with Crippen LogP contribution in [0, 0.1) is 6.92 Å². The summed E-state index contributed by atoms with van der Waals surface area (Å²) in [5.74, 6) is 0.504. The van der Waals surface area contributed by atoms with E-state index in [9.17, 15) is 0 Å². The maximum absolute atomic E-state index is 2.39. The summed E-state index contributed by atoms with van der Waals surface area (Å²) in [4.78, 5) is 0. The number of para-hydroxylation sites is 2. The van der Waals surface area contributed by atoms with E-state index in [-0.39, 0.29) is 0 Å². The van der Waals surface area contributed by atoms with Gasteiger partial charge in [0.15, 0.2) is 0 Å². The molecule has 0 aliphatic rings. The van der Waals surface area contributed by atoms with Crippen molar-refractivity contribution in [2.75, 3.05) is 0 Å².